The van der Waals surface area contributed by atoms with Crippen LogP contribution in [0, 0.1) is 16.5 Å². The Morgan fingerprint density at radius 2 is 1.81 bits per heavy atom. The Bertz CT molecular complexity index is 2270. The number of allylic oxidation sites excluding steroid dienone is 1. The first-order chi connectivity index (χ1) is 27.7. The van der Waals surface area contributed by atoms with Gasteiger partial charge in [0.25, 0.3) is 0 Å². The van der Waals surface area contributed by atoms with Crippen LogP contribution in [-0.2, 0) is 39.4 Å². The zero-order valence-electron chi connectivity index (χ0n) is 34.3. The first-order valence-electron chi connectivity index (χ1n) is 20.4. The number of anilines is 1. The number of nitrogens with one attached hydrogen (secondary N) is 1. The summed E-state index contributed by atoms with van der Waals surface area (Å²) in [6.07, 6.45) is 8.67. The van der Waals surface area contributed by atoms with E-state index in [1.54, 1.807) is 13.3 Å². The lowest BCUT2D eigenvalue weighted by molar-refractivity contribution is -0.829. The molecule has 0 amide bonds. The summed E-state index contributed by atoms with van der Waals surface area (Å²) in [4.78, 5) is 50.4. The third-order valence-electron chi connectivity index (χ3n) is 14.8. The average Bonchev–Trinajstić information content (AvgIpc) is 3.86. The van der Waals surface area contributed by atoms with Crippen molar-refractivity contribution in [3.63, 3.8) is 0 Å². The van der Waals surface area contributed by atoms with E-state index in [0.29, 0.717) is 67.2 Å². The van der Waals surface area contributed by atoms with Gasteiger partial charge in [-0.15, -0.1) is 0 Å². The molecular formula is C45H53N4O9+. The lowest BCUT2D eigenvalue weighted by Gasteiger charge is -2.63. The van der Waals surface area contributed by atoms with Gasteiger partial charge in [-0.2, -0.15) is 0 Å². The molecule has 1 saturated carbocycles. The second-order valence-electron chi connectivity index (χ2n) is 17.4. The van der Waals surface area contributed by atoms with Gasteiger partial charge in [-0.05, 0) is 55.5 Å². The Kier molecular flexibility index (Phi) is 8.73. The molecule has 1 aliphatic carbocycles. The molecule has 0 aromatic heterocycles. The summed E-state index contributed by atoms with van der Waals surface area (Å²) in [6.45, 7) is 7.20. The second kappa shape index (κ2) is 13.1. The van der Waals surface area contributed by atoms with Crippen molar-refractivity contribution in [3.8, 4) is 5.75 Å². The number of nitrogens with zero attached hydrogens (tertiary/aromatic N) is 3. The van der Waals surface area contributed by atoms with E-state index in [0.717, 1.165) is 22.4 Å². The van der Waals surface area contributed by atoms with E-state index in [2.05, 4.69) is 29.0 Å². The largest absolute Gasteiger partial charge is 0.627 e. The summed E-state index contributed by atoms with van der Waals surface area (Å²) in [5.74, 6) is -1.90. The number of quaternary nitrogens is 1. The molecule has 6 heterocycles. The molecule has 9 rings (SSSR count). The van der Waals surface area contributed by atoms with Gasteiger partial charge in [0.05, 0.1) is 39.5 Å². The van der Waals surface area contributed by atoms with Crippen molar-refractivity contribution in [2.24, 2.45) is 11.3 Å². The number of ether oxygens (including phenoxy) is 4. The number of hydroxylamine groups is 3. The number of hydrogen-bond donors (Lipinski definition) is 2. The number of benzene rings is 2. The number of esters is 3. The highest BCUT2D eigenvalue weighted by Crippen LogP contribution is 2.68. The van der Waals surface area contributed by atoms with Crippen LogP contribution < -0.4 is 14.6 Å². The molecule has 6 aliphatic heterocycles. The third-order valence-corrected chi connectivity index (χ3v) is 14.8. The standard InChI is InChI=1S/C45H52N4O9/c1-8-27-19-28-22-44(40(51)56-6,36-30(25-49(54,23-27)24-28)29-13-10-11-14-33(29)46-36)32-20-31-34(21-35(32)55-5)47(4)38-43(31)16-18-48-17-12-15-42(9-2,37(43)48)39(58-26(3)50)45(38,53)41(52)57-7/h10-15,19-21,25,28,37-39,53H,8-9,16-18,22-24H2,1-7H3/p+1/t28?,37-,38+,39+,42+,43+,44+,45-,49+/m0/s1. The van der Waals surface area contributed by atoms with Crippen LogP contribution in [-0.4, -0.2) is 117 Å². The molecule has 1 unspecified atom stereocenters. The van der Waals surface area contributed by atoms with Gasteiger partial charge >= 0.3 is 17.9 Å². The fraction of sp³-hybridized carbons (Fsp3) is 0.511. The van der Waals surface area contributed by atoms with E-state index >= 15 is 4.79 Å². The fourth-order valence-corrected chi connectivity index (χ4v) is 12.9. The summed E-state index contributed by atoms with van der Waals surface area (Å²) >= 11 is 0. The van der Waals surface area contributed by atoms with E-state index in [1.807, 2.05) is 61.4 Å². The molecule has 1 spiro atoms. The third kappa shape index (κ3) is 4.78. The number of carbonyl (C=O) groups is 3. The topological polar surface area (TPSA) is 152 Å². The van der Waals surface area contributed by atoms with E-state index < -0.39 is 56.5 Å². The molecule has 2 bridgehead atoms. The van der Waals surface area contributed by atoms with Crippen molar-refractivity contribution >= 4 is 40.6 Å². The van der Waals surface area contributed by atoms with Gasteiger partial charge in [0.2, 0.25) is 17.0 Å². The maximum Gasteiger partial charge on any atom is 0.344 e. The zero-order valence-corrected chi connectivity index (χ0v) is 34.3. The summed E-state index contributed by atoms with van der Waals surface area (Å²) in [6, 6.07) is 10.5. The number of hydrogen-bond acceptors (Lipinski definition) is 11. The van der Waals surface area contributed by atoms with Crippen molar-refractivity contribution in [2.45, 2.75) is 81.1 Å². The predicted molar refractivity (Wildman–Crippen MR) is 215 cm³/mol. The normalized spacial score (nSPS) is 36.4. The van der Waals surface area contributed by atoms with Gasteiger partial charge in [-0.3, -0.25) is 14.5 Å². The van der Waals surface area contributed by atoms with Crippen molar-refractivity contribution in [1.29, 1.82) is 0 Å². The van der Waals surface area contributed by atoms with Crippen LogP contribution in [0.15, 0.2) is 66.4 Å². The maximum atomic E-state index is 15.2. The summed E-state index contributed by atoms with van der Waals surface area (Å²) in [7, 11) is 6.05. The Morgan fingerprint density at radius 3 is 2.50 bits per heavy atom. The molecule has 7 aliphatic rings. The second-order valence-corrected chi connectivity index (χ2v) is 17.4. The van der Waals surface area contributed by atoms with Gasteiger partial charge in [0.15, 0.2) is 11.5 Å². The predicted octanol–water partition coefficient (Wildman–Crippen LogP) is 2.94. The highest BCUT2D eigenvalue weighted by atomic mass is 16.6. The van der Waals surface area contributed by atoms with Crippen molar-refractivity contribution < 1.29 is 48.1 Å². The number of fused-ring (bicyclic) bond motifs is 6. The SMILES string of the molecule is CCC1=CC2C[C@@](C(=O)OC)(c3cc4c(cc3OC)N(C)[C@H]3[C@@](O)(C(=O)OC)[C@H](OC(C)=O)[C@]5(CC)C=CCN6CC[C@]43[C@@H]65)C3=[NH+]c4ccccc4C3=C[N@@+]([O-])(C1)C2. The van der Waals surface area contributed by atoms with Crippen LogP contribution in [0.25, 0.3) is 5.57 Å². The number of carbonyl (C=O) groups excluding carboxylic acids is 3. The van der Waals surface area contributed by atoms with Crippen molar-refractivity contribution in [1.82, 2.24) is 4.90 Å². The quantitative estimate of drug-likeness (QED) is 0.140. The molecule has 2 aromatic rings. The summed E-state index contributed by atoms with van der Waals surface area (Å²) < 4.78 is 23.2. The van der Waals surface area contributed by atoms with Crippen molar-refractivity contribution in [2.75, 3.05) is 59.5 Å². The lowest BCUT2D eigenvalue weighted by Crippen LogP contribution is -2.81. The van der Waals surface area contributed by atoms with Gasteiger partial charge < -0.3 is 38.8 Å². The van der Waals surface area contributed by atoms with Gasteiger partial charge in [-0.1, -0.05) is 44.2 Å². The van der Waals surface area contributed by atoms with Crippen LogP contribution in [0.5, 0.6) is 5.75 Å². The van der Waals surface area contributed by atoms with Gasteiger partial charge in [0, 0.05) is 66.7 Å². The van der Waals surface area contributed by atoms with E-state index in [1.165, 1.54) is 21.1 Å². The number of para-hydroxylation sites is 1. The minimum absolute atomic E-state index is 0.221. The Morgan fingerprint density at radius 1 is 1.05 bits per heavy atom. The monoisotopic (exact) mass is 793 g/mol. The molecule has 1 saturated heterocycles. The van der Waals surface area contributed by atoms with Crippen LogP contribution in [0.1, 0.15) is 63.1 Å². The zero-order chi connectivity index (χ0) is 41.2. The first-order valence-corrected chi connectivity index (χ1v) is 20.4. The lowest BCUT2D eigenvalue weighted by atomic mass is 9.47. The minimum atomic E-state index is -2.32. The summed E-state index contributed by atoms with van der Waals surface area (Å²) in [5, 5.41) is 28.0. The van der Waals surface area contributed by atoms with E-state index in [-0.39, 0.29) is 24.9 Å². The molecule has 2 aromatic carbocycles. The average molecular weight is 794 g/mol. The summed E-state index contributed by atoms with van der Waals surface area (Å²) in [5.41, 5.74) is 0.212. The Labute approximate surface area is 338 Å². The first kappa shape index (κ1) is 38.7. The molecule has 2 fully saturated rings. The number of aliphatic hydroxyl groups is 1. The molecule has 306 valence electrons. The van der Waals surface area contributed by atoms with E-state index in [9.17, 15) is 19.9 Å². The van der Waals surface area contributed by atoms with Gasteiger partial charge in [-0.25, -0.2) is 9.79 Å². The molecule has 9 atom stereocenters. The molecule has 2 N–H and O–H groups in total. The molecular weight excluding hydrogens is 741 g/mol. The Balaban J connectivity index is 1.36. The van der Waals surface area contributed by atoms with Crippen LogP contribution in [0.2, 0.25) is 0 Å². The highest BCUT2D eigenvalue weighted by Gasteiger charge is 2.80. The van der Waals surface area contributed by atoms with E-state index in [4.69, 9.17) is 18.9 Å². The van der Waals surface area contributed by atoms with Crippen LogP contribution in [0.3, 0.4) is 0 Å². The molecule has 13 nitrogen and oxygen atoms in total. The Hall–Kier alpha value is -4.82. The smallest absolute Gasteiger partial charge is 0.344 e. The van der Waals surface area contributed by atoms with Crippen molar-refractivity contribution in [3.05, 3.63) is 88.3 Å². The molecule has 58 heavy (non-hydrogen) atoms. The highest BCUT2D eigenvalue weighted by molar-refractivity contribution is 6.34. The number of rotatable bonds is 7. The molecule has 13 heteroatoms. The fourth-order valence-electron chi connectivity index (χ4n) is 12.9. The minimum Gasteiger partial charge on any atom is -0.627 e. The van der Waals surface area contributed by atoms with Crippen LogP contribution >= 0.6 is 0 Å². The number of methoxy groups -OCH3 is 3. The number of likely N-dealkylation sites (N-methyl/N-ethyl adjacent to an activating group) is 1. The maximum absolute atomic E-state index is 15.2. The molecule has 0 radical (unpaired) electrons. The van der Waals surface area contributed by atoms with Gasteiger partial charge in [0.1, 0.15) is 24.1 Å². The van der Waals surface area contributed by atoms with Crippen LogP contribution in [0.4, 0.5) is 11.4 Å².